The van der Waals surface area contributed by atoms with Crippen LogP contribution in [0.2, 0.25) is 0 Å². The van der Waals surface area contributed by atoms with Gasteiger partial charge in [0.15, 0.2) is 5.78 Å². The van der Waals surface area contributed by atoms with Crippen molar-refractivity contribution in [2.75, 3.05) is 5.32 Å². The summed E-state index contributed by atoms with van der Waals surface area (Å²) < 4.78 is 0. The number of nitro benzene ring substituents is 1. The quantitative estimate of drug-likeness (QED) is 0.259. The number of nitro groups is 1. The third-order valence-electron chi connectivity index (χ3n) is 6.25. The first-order chi connectivity index (χ1) is 16.4. The Morgan fingerprint density at radius 3 is 2.41 bits per heavy atom. The molecule has 0 saturated heterocycles. The van der Waals surface area contributed by atoms with Crippen molar-refractivity contribution in [1.82, 2.24) is 0 Å². The van der Waals surface area contributed by atoms with Gasteiger partial charge in [0.1, 0.15) is 22.2 Å². The van der Waals surface area contributed by atoms with Crippen LogP contribution in [0.25, 0.3) is 0 Å². The van der Waals surface area contributed by atoms with E-state index >= 15 is 0 Å². The Morgan fingerprint density at radius 2 is 1.71 bits per heavy atom. The van der Waals surface area contributed by atoms with Gasteiger partial charge in [-0.15, -0.1) is 11.3 Å². The Hall–Kier alpha value is -4.16. The van der Waals surface area contributed by atoms with Crippen LogP contribution in [0.5, 0.6) is 0 Å². The number of nitriles is 1. The largest absolute Gasteiger partial charge is 0.312 e. The molecule has 0 bridgehead atoms. The highest BCUT2D eigenvalue weighted by Gasteiger charge is 2.38. The van der Waals surface area contributed by atoms with Crippen molar-refractivity contribution >= 4 is 39.5 Å². The average Bonchev–Trinajstić information content (AvgIpc) is 2.99. The normalized spacial score (nSPS) is 14.3. The van der Waals surface area contributed by atoms with E-state index < -0.39 is 28.1 Å². The summed E-state index contributed by atoms with van der Waals surface area (Å²) in [5.41, 5.74) is 0.0147. The molecule has 0 aliphatic heterocycles. The second-order valence-corrected chi connectivity index (χ2v) is 9.28. The summed E-state index contributed by atoms with van der Waals surface area (Å²) in [4.78, 5) is 51.5. The molecule has 8 nitrogen and oxygen atoms in total. The molecule has 1 aromatic heterocycles. The van der Waals surface area contributed by atoms with Crippen LogP contribution < -0.4 is 5.32 Å². The fourth-order valence-corrected chi connectivity index (χ4v) is 5.90. The fraction of sp³-hybridized carbons (Fsp3) is 0.200. The molecule has 0 radical (unpaired) electrons. The molecule has 0 fully saturated rings. The molecule has 34 heavy (non-hydrogen) atoms. The first kappa shape index (κ1) is 21.7. The van der Waals surface area contributed by atoms with Crippen molar-refractivity contribution in [1.29, 1.82) is 5.26 Å². The zero-order chi connectivity index (χ0) is 24.0. The van der Waals surface area contributed by atoms with Crippen LogP contribution in [0.15, 0.2) is 36.4 Å². The lowest BCUT2D eigenvalue weighted by Crippen LogP contribution is -2.24. The Labute approximate surface area is 198 Å². The molecule has 2 aliphatic carbocycles. The van der Waals surface area contributed by atoms with Crippen LogP contribution in [-0.4, -0.2) is 22.4 Å². The number of hydrogen-bond donors (Lipinski definition) is 1. The number of fused-ring (bicyclic) bond motifs is 3. The molecule has 0 spiro atoms. The van der Waals surface area contributed by atoms with Crippen molar-refractivity contribution in [3.63, 3.8) is 0 Å². The zero-order valence-corrected chi connectivity index (χ0v) is 18.7. The highest BCUT2D eigenvalue weighted by Crippen LogP contribution is 2.39. The molecule has 2 aromatic carbocycles. The molecule has 0 saturated carbocycles. The van der Waals surface area contributed by atoms with Gasteiger partial charge in [0.25, 0.3) is 11.6 Å². The number of ketones is 2. The lowest BCUT2D eigenvalue weighted by molar-refractivity contribution is -0.385. The SMILES string of the molecule is N#Cc1c(NC(=O)c2ccc3c(c2[N+](=O)[O-])C(=O)c2ccccc2C3=O)sc2c1CCCCC2. The summed E-state index contributed by atoms with van der Waals surface area (Å²) >= 11 is 1.31. The number of carbonyl (C=O) groups is 3. The van der Waals surface area contributed by atoms with E-state index in [9.17, 15) is 29.8 Å². The molecule has 1 N–H and O–H groups in total. The van der Waals surface area contributed by atoms with E-state index in [-0.39, 0.29) is 27.8 Å². The number of nitrogens with zero attached hydrogens (tertiary/aromatic N) is 2. The predicted octanol–water partition coefficient (Wildman–Crippen LogP) is 4.82. The number of benzene rings is 2. The fourth-order valence-electron chi connectivity index (χ4n) is 4.66. The Bertz CT molecular complexity index is 1460. The van der Waals surface area contributed by atoms with Gasteiger partial charge < -0.3 is 5.32 Å². The summed E-state index contributed by atoms with van der Waals surface area (Å²) in [5, 5.41) is 24.8. The summed E-state index contributed by atoms with van der Waals surface area (Å²) in [6, 6.07) is 10.7. The Kier molecular flexibility index (Phi) is 5.30. The van der Waals surface area contributed by atoms with E-state index in [1.54, 1.807) is 12.1 Å². The smallest absolute Gasteiger partial charge is 0.294 e. The number of aryl methyl sites for hydroxylation is 1. The summed E-state index contributed by atoms with van der Waals surface area (Å²) in [5.74, 6) is -1.98. The van der Waals surface area contributed by atoms with Gasteiger partial charge in [-0.25, -0.2) is 0 Å². The third kappa shape index (κ3) is 3.31. The number of nitrogens with one attached hydrogen (secondary N) is 1. The highest BCUT2D eigenvalue weighted by molar-refractivity contribution is 7.16. The molecule has 0 unspecified atom stereocenters. The standard InChI is InChI=1S/C25H17N3O5S/c26-12-18-13-6-2-1-3-9-19(13)34-25(18)27-24(31)17-11-10-16-20(21(17)28(32)33)23(30)15-8-5-4-7-14(15)22(16)29/h4-5,7-8,10-11H,1-3,6,9H2,(H,27,31). The van der Waals surface area contributed by atoms with Crippen LogP contribution in [-0.2, 0) is 12.8 Å². The molecule has 3 aromatic rings. The van der Waals surface area contributed by atoms with Gasteiger partial charge in [-0.2, -0.15) is 5.26 Å². The van der Waals surface area contributed by atoms with Crippen LogP contribution in [0.4, 0.5) is 10.7 Å². The van der Waals surface area contributed by atoms with Crippen LogP contribution >= 0.6 is 11.3 Å². The van der Waals surface area contributed by atoms with Crippen molar-refractivity contribution in [2.45, 2.75) is 32.1 Å². The van der Waals surface area contributed by atoms with E-state index in [0.29, 0.717) is 10.6 Å². The third-order valence-corrected chi connectivity index (χ3v) is 7.46. The van der Waals surface area contributed by atoms with Gasteiger partial charge in [0.05, 0.1) is 10.5 Å². The summed E-state index contributed by atoms with van der Waals surface area (Å²) in [6.45, 7) is 0. The van der Waals surface area contributed by atoms with Crippen LogP contribution in [0.1, 0.15) is 77.5 Å². The topological polar surface area (TPSA) is 130 Å². The Morgan fingerprint density at radius 1 is 1.00 bits per heavy atom. The van der Waals surface area contributed by atoms with E-state index in [1.807, 2.05) is 0 Å². The number of anilines is 1. The van der Waals surface area contributed by atoms with E-state index in [2.05, 4.69) is 11.4 Å². The van der Waals surface area contributed by atoms with E-state index in [0.717, 1.165) is 42.5 Å². The van der Waals surface area contributed by atoms with E-state index in [4.69, 9.17) is 0 Å². The van der Waals surface area contributed by atoms with Gasteiger partial charge in [-0.3, -0.25) is 24.5 Å². The second-order valence-electron chi connectivity index (χ2n) is 8.18. The first-order valence-electron chi connectivity index (χ1n) is 10.8. The van der Waals surface area contributed by atoms with Crippen LogP contribution in [0, 0.1) is 21.4 Å². The number of amides is 1. The molecule has 9 heteroatoms. The molecular weight excluding hydrogens is 454 g/mol. The second kappa shape index (κ2) is 8.32. The minimum atomic E-state index is -0.804. The maximum absolute atomic E-state index is 13.2. The van der Waals surface area contributed by atoms with Crippen molar-refractivity contribution in [3.05, 3.63) is 90.3 Å². The molecule has 1 heterocycles. The van der Waals surface area contributed by atoms with E-state index in [1.165, 1.54) is 35.6 Å². The molecule has 168 valence electrons. The van der Waals surface area contributed by atoms with Crippen molar-refractivity contribution < 1.29 is 19.3 Å². The number of hydrogen-bond acceptors (Lipinski definition) is 7. The van der Waals surface area contributed by atoms with Gasteiger partial charge in [0, 0.05) is 21.6 Å². The molecule has 2 aliphatic rings. The average molecular weight is 471 g/mol. The number of carbonyl (C=O) groups excluding carboxylic acids is 3. The summed E-state index contributed by atoms with van der Waals surface area (Å²) in [7, 11) is 0. The maximum Gasteiger partial charge on any atom is 0.294 e. The molecule has 0 atom stereocenters. The highest BCUT2D eigenvalue weighted by atomic mass is 32.1. The number of thiophene rings is 1. The number of rotatable bonds is 3. The van der Waals surface area contributed by atoms with Crippen molar-refractivity contribution in [3.8, 4) is 6.07 Å². The first-order valence-corrected chi connectivity index (χ1v) is 11.6. The maximum atomic E-state index is 13.2. The lowest BCUT2D eigenvalue weighted by atomic mass is 9.82. The molecular formula is C25H17N3O5S. The monoisotopic (exact) mass is 471 g/mol. The Balaban J connectivity index is 1.59. The molecule has 1 amide bonds. The minimum Gasteiger partial charge on any atom is -0.312 e. The van der Waals surface area contributed by atoms with Gasteiger partial charge in [0.2, 0.25) is 5.78 Å². The minimum absolute atomic E-state index is 0.0643. The zero-order valence-electron chi connectivity index (χ0n) is 17.8. The lowest BCUT2D eigenvalue weighted by Gasteiger charge is -2.18. The van der Waals surface area contributed by atoms with Gasteiger partial charge in [-0.05, 0) is 43.4 Å². The van der Waals surface area contributed by atoms with Gasteiger partial charge >= 0.3 is 0 Å². The predicted molar refractivity (Wildman–Crippen MR) is 125 cm³/mol. The summed E-state index contributed by atoms with van der Waals surface area (Å²) in [6.07, 6.45) is 4.60. The van der Waals surface area contributed by atoms with Crippen molar-refractivity contribution in [2.24, 2.45) is 0 Å². The van der Waals surface area contributed by atoms with Gasteiger partial charge in [-0.1, -0.05) is 30.7 Å². The van der Waals surface area contributed by atoms with Crippen LogP contribution in [0.3, 0.4) is 0 Å². The molecule has 5 rings (SSSR count).